The molecule has 0 aromatic heterocycles. The summed E-state index contributed by atoms with van der Waals surface area (Å²) in [6.07, 6.45) is 2.16. The monoisotopic (exact) mass is 232 g/mol. The zero-order valence-electron chi connectivity index (χ0n) is 9.90. The number of fused-ring (bicyclic) bond motifs is 3. The first kappa shape index (κ1) is 10.4. The SMILES string of the molecule is COc1ccc2c(c1)CCC1CNC(=O)CN21. The van der Waals surface area contributed by atoms with Crippen molar-refractivity contribution in [2.75, 3.05) is 25.1 Å². The zero-order chi connectivity index (χ0) is 11.8. The highest BCUT2D eigenvalue weighted by molar-refractivity contribution is 5.83. The van der Waals surface area contributed by atoms with Crippen LogP contribution < -0.4 is 15.0 Å². The molecule has 90 valence electrons. The van der Waals surface area contributed by atoms with Crippen LogP contribution in [0.3, 0.4) is 0 Å². The van der Waals surface area contributed by atoms with Crippen molar-refractivity contribution in [1.82, 2.24) is 5.32 Å². The summed E-state index contributed by atoms with van der Waals surface area (Å²) in [6.45, 7) is 1.24. The summed E-state index contributed by atoms with van der Waals surface area (Å²) in [5.41, 5.74) is 2.48. The molecular formula is C13H16N2O2. The van der Waals surface area contributed by atoms with Gasteiger partial charge >= 0.3 is 0 Å². The van der Waals surface area contributed by atoms with Crippen molar-refractivity contribution < 1.29 is 9.53 Å². The van der Waals surface area contributed by atoms with Gasteiger partial charge < -0.3 is 15.0 Å². The van der Waals surface area contributed by atoms with Crippen LogP contribution in [0.2, 0.25) is 0 Å². The van der Waals surface area contributed by atoms with Gasteiger partial charge in [0, 0.05) is 18.3 Å². The maximum atomic E-state index is 11.5. The highest BCUT2D eigenvalue weighted by atomic mass is 16.5. The third kappa shape index (κ3) is 1.73. The Balaban J connectivity index is 1.97. The molecule has 2 aliphatic heterocycles. The molecule has 1 aromatic rings. The zero-order valence-corrected chi connectivity index (χ0v) is 9.90. The van der Waals surface area contributed by atoms with E-state index in [1.807, 2.05) is 6.07 Å². The molecule has 0 spiro atoms. The molecule has 0 saturated carbocycles. The summed E-state index contributed by atoms with van der Waals surface area (Å²) in [7, 11) is 1.68. The van der Waals surface area contributed by atoms with Gasteiger partial charge in [0.15, 0.2) is 0 Å². The standard InChI is InChI=1S/C13H16N2O2/c1-17-11-4-5-12-9(6-11)2-3-10-7-14-13(16)8-15(10)12/h4-6,10H,2-3,7-8H2,1H3,(H,14,16). The highest BCUT2D eigenvalue weighted by Gasteiger charge is 2.31. The summed E-state index contributed by atoms with van der Waals surface area (Å²) in [5.74, 6) is 1.01. The fourth-order valence-electron chi connectivity index (χ4n) is 2.71. The van der Waals surface area contributed by atoms with E-state index in [2.05, 4.69) is 22.3 Å². The number of piperazine rings is 1. The molecular weight excluding hydrogens is 216 g/mol. The van der Waals surface area contributed by atoms with E-state index in [-0.39, 0.29) is 5.91 Å². The maximum absolute atomic E-state index is 11.5. The van der Waals surface area contributed by atoms with Crippen molar-refractivity contribution in [1.29, 1.82) is 0 Å². The van der Waals surface area contributed by atoms with Gasteiger partial charge in [-0.1, -0.05) is 0 Å². The van der Waals surface area contributed by atoms with Crippen LogP contribution >= 0.6 is 0 Å². The van der Waals surface area contributed by atoms with E-state index in [9.17, 15) is 4.79 Å². The number of hydrogen-bond acceptors (Lipinski definition) is 3. The number of ether oxygens (including phenoxy) is 1. The number of aryl methyl sites for hydroxylation is 1. The van der Waals surface area contributed by atoms with Crippen LogP contribution in [0.15, 0.2) is 18.2 Å². The molecule has 1 N–H and O–H groups in total. The van der Waals surface area contributed by atoms with Crippen LogP contribution in [-0.4, -0.2) is 32.1 Å². The molecule has 1 amide bonds. The van der Waals surface area contributed by atoms with Gasteiger partial charge in [-0.2, -0.15) is 0 Å². The van der Waals surface area contributed by atoms with Gasteiger partial charge in [-0.05, 0) is 36.6 Å². The molecule has 1 aromatic carbocycles. The van der Waals surface area contributed by atoms with Gasteiger partial charge in [-0.25, -0.2) is 0 Å². The second kappa shape index (κ2) is 3.95. The van der Waals surface area contributed by atoms with Gasteiger partial charge in [0.1, 0.15) is 5.75 Å². The summed E-state index contributed by atoms with van der Waals surface area (Å²) in [4.78, 5) is 13.7. The van der Waals surface area contributed by atoms with Gasteiger partial charge in [0.05, 0.1) is 13.7 Å². The predicted molar refractivity (Wildman–Crippen MR) is 65.5 cm³/mol. The summed E-state index contributed by atoms with van der Waals surface area (Å²) in [5, 5.41) is 2.93. The van der Waals surface area contributed by atoms with E-state index < -0.39 is 0 Å². The molecule has 1 atom stereocenters. The number of benzene rings is 1. The second-order valence-corrected chi connectivity index (χ2v) is 4.62. The molecule has 1 unspecified atom stereocenters. The predicted octanol–water partition coefficient (Wildman–Crippen LogP) is 0.946. The van der Waals surface area contributed by atoms with Crippen LogP contribution in [0.25, 0.3) is 0 Å². The number of nitrogens with zero attached hydrogens (tertiary/aromatic N) is 1. The number of rotatable bonds is 1. The van der Waals surface area contributed by atoms with Crippen molar-refractivity contribution in [3.8, 4) is 5.75 Å². The van der Waals surface area contributed by atoms with E-state index in [0.717, 1.165) is 25.1 Å². The van der Waals surface area contributed by atoms with Crippen molar-refractivity contribution in [2.45, 2.75) is 18.9 Å². The third-order valence-electron chi connectivity index (χ3n) is 3.63. The van der Waals surface area contributed by atoms with Crippen molar-refractivity contribution in [3.63, 3.8) is 0 Å². The Morgan fingerprint density at radius 1 is 1.47 bits per heavy atom. The van der Waals surface area contributed by atoms with Gasteiger partial charge in [0.2, 0.25) is 5.91 Å². The van der Waals surface area contributed by atoms with Crippen LogP contribution in [0, 0.1) is 0 Å². The Morgan fingerprint density at radius 2 is 2.35 bits per heavy atom. The minimum atomic E-state index is 0.116. The Kier molecular flexibility index (Phi) is 2.42. The lowest BCUT2D eigenvalue weighted by molar-refractivity contribution is -0.120. The first-order valence-electron chi connectivity index (χ1n) is 5.98. The number of nitrogens with one attached hydrogen (secondary N) is 1. The molecule has 0 radical (unpaired) electrons. The normalized spacial score (nSPS) is 22.5. The summed E-state index contributed by atoms with van der Waals surface area (Å²) < 4.78 is 5.24. The van der Waals surface area contributed by atoms with Gasteiger partial charge in [-0.15, -0.1) is 0 Å². The van der Waals surface area contributed by atoms with Crippen LogP contribution in [-0.2, 0) is 11.2 Å². The smallest absolute Gasteiger partial charge is 0.239 e. The molecule has 0 bridgehead atoms. The molecule has 2 heterocycles. The lowest BCUT2D eigenvalue weighted by Crippen LogP contribution is -2.56. The highest BCUT2D eigenvalue weighted by Crippen LogP contribution is 2.33. The van der Waals surface area contributed by atoms with Crippen molar-refractivity contribution in [2.24, 2.45) is 0 Å². The van der Waals surface area contributed by atoms with Crippen LogP contribution in [0.1, 0.15) is 12.0 Å². The Bertz CT molecular complexity index is 459. The number of carbonyl (C=O) groups is 1. The van der Waals surface area contributed by atoms with E-state index in [4.69, 9.17) is 4.74 Å². The molecule has 2 aliphatic rings. The van der Waals surface area contributed by atoms with Crippen LogP contribution in [0.5, 0.6) is 5.75 Å². The van der Waals surface area contributed by atoms with E-state index >= 15 is 0 Å². The average molecular weight is 232 g/mol. The Labute approximate surface area is 101 Å². The lowest BCUT2D eigenvalue weighted by atomic mass is 9.94. The molecule has 17 heavy (non-hydrogen) atoms. The number of amides is 1. The minimum Gasteiger partial charge on any atom is -0.497 e. The van der Waals surface area contributed by atoms with E-state index in [1.165, 1.54) is 11.3 Å². The van der Waals surface area contributed by atoms with Gasteiger partial charge in [0.25, 0.3) is 0 Å². The fraction of sp³-hybridized carbons (Fsp3) is 0.462. The molecule has 4 nitrogen and oxygen atoms in total. The van der Waals surface area contributed by atoms with Crippen molar-refractivity contribution in [3.05, 3.63) is 23.8 Å². The Hall–Kier alpha value is -1.71. The van der Waals surface area contributed by atoms with E-state index in [1.54, 1.807) is 7.11 Å². The second-order valence-electron chi connectivity index (χ2n) is 4.62. The number of anilines is 1. The largest absolute Gasteiger partial charge is 0.497 e. The number of methoxy groups -OCH3 is 1. The third-order valence-corrected chi connectivity index (χ3v) is 3.63. The lowest BCUT2D eigenvalue weighted by Gasteiger charge is -2.41. The summed E-state index contributed by atoms with van der Waals surface area (Å²) in [6, 6.07) is 6.57. The summed E-state index contributed by atoms with van der Waals surface area (Å²) >= 11 is 0. The first-order valence-corrected chi connectivity index (χ1v) is 5.98. The maximum Gasteiger partial charge on any atom is 0.239 e. The molecule has 3 rings (SSSR count). The molecule has 1 saturated heterocycles. The topological polar surface area (TPSA) is 41.6 Å². The fourth-order valence-corrected chi connectivity index (χ4v) is 2.71. The first-order chi connectivity index (χ1) is 8.28. The van der Waals surface area contributed by atoms with Crippen molar-refractivity contribution >= 4 is 11.6 Å². The number of hydrogen-bond donors (Lipinski definition) is 1. The number of carbonyl (C=O) groups excluding carboxylic acids is 1. The quantitative estimate of drug-likeness (QED) is 0.783. The van der Waals surface area contributed by atoms with Crippen LogP contribution in [0.4, 0.5) is 5.69 Å². The molecule has 4 heteroatoms. The minimum absolute atomic E-state index is 0.116. The van der Waals surface area contributed by atoms with Gasteiger partial charge in [-0.3, -0.25) is 4.79 Å². The molecule has 1 fully saturated rings. The average Bonchev–Trinajstić information content (AvgIpc) is 2.37. The Morgan fingerprint density at radius 3 is 3.18 bits per heavy atom. The molecule has 0 aliphatic carbocycles. The van der Waals surface area contributed by atoms with E-state index in [0.29, 0.717) is 12.6 Å².